The molecule has 2 heterocycles. The Morgan fingerprint density at radius 3 is 2.50 bits per heavy atom. The lowest BCUT2D eigenvalue weighted by atomic mass is 9.93. The number of aryl methyl sites for hydroxylation is 2. The summed E-state index contributed by atoms with van der Waals surface area (Å²) in [6, 6.07) is 11.0. The molecule has 0 radical (unpaired) electrons. The Kier molecular flexibility index (Phi) is 7.82. The maximum atomic E-state index is 13.5. The Morgan fingerprint density at radius 1 is 1.11 bits per heavy atom. The summed E-state index contributed by atoms with van der Waals surface area (Å²) in [5.74, 6) is -1.62. The quantitative estimate of drug-likeness (QED) is 0.186. The maximum absolute atomic E-state index is 13.5. The molecule has 1 amide bonds. The van der Waals surface area contributed by atoms with Crippen LogP contribution in [-0.4, -0.2) is 48.1 Å². The summed E-state index contributed by atoms with van der Waals surface area (Å²) in [6.45, 7) is 7.44. The van der Waals surface area contributed by atoms with Crippen LogP contribution in [0.3, 0.4) is 0 Å². The zero-order chi connectivity index (χ0) is 27.6. The number of aliphatic hydroxyl groups is 1. The molecule has 1 atom stereocenters. The minimum absolute atomic E-state index is 0.110. The summed E-state index contributed by atoms with van der Waals surface area (Å²) in [5, 5.41) is 11.6. The predicted molar refractivity (Wildman–Crippen MR) is 143 cm³/mol. The largest absolute Gasteiger partial charge is 0.507 e. The van der Waals surface area contributed by atoms with Crippen LogP contribution in [-0.2, 0) is 14.3 Å². The number of carbonyl (C=O) groups excluding carboxylic acids is 3. The summed E-state index contributed by atoms with van der Waals surface area (Å²) in [7, 11) is 1.53. The van der Waals surface area contributed by atoms with Crippen molar-refractivity contribution in [2.24, 2.45) is 0 Å². The first-order chi connectivity index (χ1) is 18.2. The molecule has 1 saturated heterocycles. The van der Waals surface area contributed by atoms with Gasteiger partial charge in [0.15, 0.2) is 5.13 Å². The molecule has 1 aliphatic rings. The third-order valence-corrected chi connectivity index (χ3v) is 7.24. The van der Waals surface area contributed by atoms with Crippen molar-refractivity contribution >= 4 is 39.9 Å². The SMILES string of the molecule is CCOC(=O)c1sc(N2C(=O)C(=O)C(=C(O)c3ccc(OC)cc3C)[C@@H]2c2ccccc2OCC)nc1C. The average Bonchev–Trinajstić information content (AvgIpc) is 3.40. The number of hydrogen-bond acceptors (Lipinski definition) is 9. The molecule has 1 N–H and O–H groups in total. The number of anilines is 1. The van der Waals surface area contributed by atoms with E-state index in [2.05, 4.69) is 4.98 Å². The van der Waals surface area contributed by atoms with Crippen LogP contribution in [0.2, 0.25) is 0 Å². The number of amides is 1. The fourth-order valence-corrected chi connectivity index (χ4v) is 5.35. The predicted octanol–water partition coefficient (Wildman–Crippen LogP) is 4.97. The molecule has 198 valence electrons. The lowest BCUT2D eigenvalue weighted by molar-refractivity contribution is -0.132. The van der Waals surface area contributed by atoms with Crippen molar-refractivity contribution in [3.05, 3.63) is 75.3 Å². The van der Waals surface area contributed by atoms with E-state index in [1.807, 2.05) is 6.92 Å². The van der Waals surface area contributed by atoms with Gasteiger partial charge in [-0.3, -0.25) is 14.5 Å². The van der Waals surface area contributed by atoms with E-state index < -0.39 is 23.7 Å². The molecule has 2 aromatic carbocycles. The van der Waals surface area contributed by atoms with E-state index in [1.54, 1.807) is 63.2 Å². The van der Waals surface area contributed by atoms with Gasteiger partial charge in [0.1, 0.15) is 28.2 Å². The highest BCUT2D eigenvalue weighted by atomic mass is 32.1. The van der Waals surface area contributed by atoms with E-state index in [-0.39, 0.29) is 27.9 Å². The molecule has 0 unspecified atom stereocenters. The smallest absolute Gasteiger partial charge is 0.350 e. The second kappa shape index (κ2) is 11.1. The summed E-state index contributed by atoms with van der Waals surface area (Å²) in [5.41, 5.74) is 1.78. The first-order valence-electron chi connectivity index (χ1n) is 12.1. The van der Waals surface area contributed by atoms with Crippen molar-refractivity contribution in [3.8, 4) is 11.5 Å². The van der Waals surface area contributed by atoms with Gasteiger partial charge in [-0.1, -0.05) is 29.5 Å². The summed E-state index contributed by atoms with van der Waals surface area (Å²) in [4.78, 5) is 45.4. The second-order valence-corrected chi connectivity index (χ2v) is 9.43. The number of methoxy groups -OCH3 is 1. The third kappa shape index (κ3) is 4.74. The van der Waals surface area contributed by atoms with Crippen LogP contribution in [0.5, 0.6) is 11.5 Å². The molecule has 10 heteroatoms. The molecule has 0 spiro atoms. The van der Waals surface area contributed by atoms with E-state index >= 15 is 0 Å². The van der Waals surface area contributed by atoms with E-state index in [9.17, 15) is 19.5 Å². The molecule has 4 rings (SSSR count). The second-order valence-electron chi connectivity index (χ2n) is 8.45. The van der Waals surface area contributed by atoms with Crippen molar-refractivity contribution in [2.75, 3.05) is 25.2 Å². The average molecular weight is 537 g/mol. The molecule has 9 nitrogen and oxygen atoms in total. The molecule has 1 aromatic heterocycles. The van der Waals surface area contributed by atoms with Crippen LogP contribution in [0.4, 0.5) is 5.13 Å². The summed E-state index contributed by atoms with van der Waals surface area (Å²) < 4.78 is 16.2. The van der Waals surface area contributed by atoms with Crippen molar-refractivity contribution in [3.63, 3.8) is 0 Å². The number of Topliss-reactive ketones (excluding diaryl/α,β-unsaturated/α-hetero) is 1. The number of esters is 1. The lowest BCUT2D eigenvalue weighted by Gasteiger charge is -2.25. The van der Waals surface area contributed by atoms with E-state index in [0.29, 0.717) is 40.5 Å². The van der Waals surface area contributed by atoms with Crippen LogP contribution < -0.4 is 14.4 Å². The minimum Gasteiger partial charge on any atom is -0.507 e. The van der Waals surface area contributed by atoms with Crippen molar-refractivity contribution < 1.29 is 33.7 Å². The Labute approximate surface area is 224 Å². The molecular formula is C28H28N2O7S. The number of para-hydroxylation sites is 1. The normalized spacial score (nSPS) is 16.6. The number of aliphatic hydroxyl groups excluding tert-OH is 1. The molecule has 1 aliphatic heterocycles. The highest BCUT2D eigenvalue weighted by molar-refractivity contribution is 7.17. The molecule has 0 aliphatic carbocycles. The topological polar surface area (TPSA) is 115 Å². The molecule has 3 aromatic rings. The summed E-state index contributed by atoms with van der Waals surface area (Å²) >= 11 is 0.952. The van der Waals surface area contributed by atoms with Crippen LogP contribution in [0.1, 0.15) is 51.9 Å². The van der Waals surface area contributed by atoms with Crippen LogP contribution in [0.25, 0.3) is 5.76 Å². The minimum atomic E-state index is -1.06. The molecule has 1 fully saturated rings. The molecule has 0 saturated carbocycles. The fourth-order valence-electron chi connectivity index (χ4n) is 4.36. The van der Waals surface area contributed by atoms with Gasteiger partial charge in [0.05, 0.1) is 31.6 Å². The molecule has 0 bridgehead atoms. The zero-order valence-electron chi connectivity index (χ0n) is 21.7. The Hall–Kier alpha value is -4.18. The van der Waals surface area contributed by atoms with Gasteiger partial charge in [-0.05, 0) is 57.5 Å². The van der Waals surface area contributed by atoms with Crippen molar-refractivity contribution in [2.45, 2.75) is 33.7 Å². The van der Waals surface area contributed by atoms with Gasteiger partial charge in [0.2, 0.25) is 0 Å². The molecular weight excluding hydrogens is 508 g/mol. The lowest BCUT2D eigenvalue weighted by Crippen LogP contribution is -2.29. The van der Waals surface area contributed by atoms with Gasteiger partial charge in [-0.15, -0.1) is 0 Å². The first-order valence-corrected chi connectivity index (χ1v) is 12.9. The summed E-state index contributed by atoms with van der Waals surface area (Å²) in [6.07, 6.45) is 0. The number of carbonyl (C=O) groups is 3. The number of thiazole rings is 1. The van der Waals surface area contributed by atoms with Gasteiger partial charge >= 0.3 is 11.9 Å². The van der Waals surface area contributed by atoms with Crippen molar-refractivity contribution in [1.82, 2.24) is 4.98 Å². The molecule has 38 heavy (non-hydrogen) atoms. The van der Waals surface area contributed by atoms with Crippen LogP contribution >= 0.6 is 11.3 Å². The number of hydrogen-bond donors (Lipinski definition) is 1. The third-order valence-electron chi connectivity index (χ3n) is 6.10. The highest BCUT2D eigenvalue weighted by Gasteiger charge is 2.49. The first kappa shape index (κ1) is 26.9. The number of ketones is 1. The highest BCUT2D eigenvalue weighted by Crippen LogP contribution is 2.46. The van der Waals surface area contributed by atoms with Gasteiger partial charge in [-0.2, -0.15) is 0 Å². The van der Waals surface area contributed by atoms with E-state index in [1.165, 1.54) is 12.0 Å². The van der Waals surface area contributed by atoms with Gasteiger partial charge in [0, 0.05) is 11.1 Å². The van der Waals surface area contributed by atoms with E-state index in [0.717, 1.165) is 11.3 Å². The Bertz CT molecular complexity index is 1440. The van der Waals surface area contributed by atoms with Gasteiger partial charge < -0.3 is 19.3 Å². The van der Waals surface area contributed by atoms with Gasteiger partial charge in [-0.25, -0.2) is 9.78 Å². The number of nitrogens with zero attached hydrogens (tertiary/aromatic N) is 2. The Morgan fingerprint density at radius 2 is 1.84 bits per heavy atom. The number of aromatic nitrogens is 1. The van der Waals surface area contributed by atoms with Crippen LogP contribution in [0, 0.1) is 13.8 Å². The van der Waals surface area contributed by atoms with E-state index in [4.69, 9.17) is 14.2 Å². The van der Waals surface area contributed by atoms with Crippen molar-refractivity contribution in [1.29, 1.82) is 0 Å². The Balaban J connectivity index is 1.96. The van der Waals surface area contributed by atoms with Crippen LogP contribution in [0.15, 0.2) is 48.0 Å². The number of benzene rings is 2. The maximum Gasteiger partial charge on any atom is 0.350 e. The number of rotatable bonds is 8. The van der Waals surface area contributed by atoms with Gasteiger partial charge in [0.25, 0.3) is 5.78 Å². The standard InChI is InChI=1S/C28H28N2O7S/c1-6-36-20-11-9-8-10-19(20)22-21(23(31)18-13-12-17(35-5)14-15(18)3)24(32)26(33)30(22)28-29-16(4)25(38-28)27(34)37-7-2/h8-14,22,31H,6-7H2,1-5H3/t22-/m0/s1. The monoisotopic (exact) mass is 536 g/mol. The fraction of sp³-hybridized carbons (Fsp3) is 0.286. The number of ether oxygens (including phenoxy) is 3. The zero-order valence-corrected chi connectivity index (χ0v) is 22.5.